The Kier molecular flexibility index (Phi) is 3.23. The zero-order valence-electron chi connectivity index (χ0n) is 9.64. The fourth-order valence-electron chi connectivity index (χ4n) is 1.43. The van der Waals surface area contributed by atoms with Gasteiger partial charge in [0.2, 0.25) is 0 Å². The van der Waals surface area contributed by atoms with Gasteiger partial charge in [-0.1, -0.05) is 0 Å². The third-order valence-electron chi connectivity index (χ3n) is 2.43. The van der Waals surface area contributed by atoms with Crippen LogP contribution in [0.2, 0.25) is 0 Å². The van der Waals surface area contributed by atoms with E-state index < -0.39 is 5.82 Å². The summed E-state index contributed by atoms with van der Waals surface area (Å²) in [4.78, 5) is 15.6. The molecule has 1 amide bonds. The lowest BCUT2D eigenvalue weighted by atomic mass is 10.1. The lowest BCUT2D eigenvalue weighted by Crippen LogP contribution is -2.13. The van der Waals surface area contributed by atoms with E-state index in [9.17, 15) is 14.3 Å². The lowest BCUT2D eigenvalue weighted by molar-refractivity contribution is 0.102. The van der Waals surface area contributed by atoms with Gasteiger partial charge >= 0.3 is 0 Å². The number of carbonyl (C=O) groups excluding carboxylic acids is 1. The number of halogens is 1. The number of hydrogen-bond donors (Lipinski definition) is 2. The van der Waals surface area contributed by atoms with Gasteiger partial charge in [0.05, 0.1) is 6.20 Å². The molecule has 0 fully saturated rings. The van der Waals surface area contributed by atoms with Gasteiger partial charge in [0, 0.05) is 5.56 Å². The fraction of sp³-hybridized carbons (Fsp3) is 0.0769. The second-order valence-corrected chi connectivity index (χ2v) is 3.82. The Morgan fingerprint density at radius 3 is 2.72 bits per heavy atom. The Bertz CT molecular complexity index is 582. The van der Waals surface area contributed by atoms with Gasteiger partial charge in [-0.25, -0.2) is 9.37 Å². The predicted octanol–water partition coefficient (Wildman–Crippen LogP) is 2.49. The maximum atomic E-state index is 12.6. The number of pyridine rings is 1. The number of aromatic nitrogens is 1. The summed E-state index contributed by atoms with van der Waals surface area (Å²) >= 11 is 0. The van der Waals surface area contributed by atoms with Crippen molar-refractivity contribution in [2.24, 2.45) is 0 Å². The van der Waals surface area contributed by atoms with Crippen LogP contribution in [0.5, 0.6) is 5.75 Å². The van der Waals surface area contributed by atoms with Crippen LogP contribution >= 0.6 is 0 Å². The molecule has 0 saturated heterocycles. The number of hydrogen-bond acceptors (Lipinski definition) is 3. The van der Waals surface area contributed by atoms with Crippen LogP contribution < -0.4 is 5.32 Å². The summed E-state index contributed by atoms with van der Waals surface area (Å²) in [6.07, 6.45) is 1.03. The van der Waals surface area contributed by atoms with Crippen molar-refractivity contribution < 1.29 is 14.3 Å². The molecule has 0 atom stereocenters. The van der Waals surface area contributed by atoms with Crippen molar-refractivity contribution in [2.75, 3.05) is 5.32 Å². The van der Waals surface area contributed by atoms with E-state index in [1.165, 1.54) is 24.3 Å². The minimum absolute atomic E-state index is 0.131. The molecule has 92 valence electrons. The van der Waals surface area contributed by atoms with Gasteiger partial charge in [0.15, 0.2) is 0 Å². The van der Waals surface area contributed by atoms with E-state index in [0.717, 1.165) is 6.20 Å². The Hall–Kier alpha value is -2.43. The van der Waals surface area contributed by atoms with Gasteiger partial charge in [-0.05, 0) is 42.8 Å². The molecule has 0 aliphatic heterocycles. The van der Waals surface area contributed by atoms with Crippen molar-refractivity contribution in [3.05, 3.63) is 53.5 Å². The zero-order chi connectivity index (χ0) is 13.1. The summed E-state index contributed by atoms with van der Waals surface area (Å²) in [5.41, 5.74) is 1.01. The molecule has 0 spiro atoms. The monoisotopic (exact) mass is 246 g/mol. The Morgan fingerprint density at radius 2 is 2.11 bits per heavy atom. The van der Waals surface area contributed by atoms with Gasteiger partial charge in [-0.15, -0.1) is 0 Å². The van der Waals surface area contributed by atoms with Crippen molar-refractivity contribution >= 4 is 11.7 Å². The Morgan fingerprint density at radius 1 is 1.33 bits per heavy atom. The molecule has 0 radical (unpaired) electrons. The van der Waals surface area contributed by atoms with Crippen LogP contribution in [0.3, 0.4) is 0 Å². The lowest BCUT2D eigenvalue weighted by Gasteiger charge is -2.05. The van der Waals surface area contributed by atoms with Gasteiger partial charge in [-0.2, -0.15) is 0 Å². The van der Waals surface area contributed by atoms with Crippen LogP contribution in [0.15, 0.2) is 36.5 Å². The van der Waals surface area contributed by atoms with E-state index in [1.807, 2.05) is 0 Å². The molecule has 0 saturated carbocycles. The maximum Gasteiger partial charge on any atom is 0.256 e. The normalized spacial score (nSPS) is 10.1. The maximum absolute atomic E-state index is 12.6. The number of phenols is 1. The summed E-state index contributed by atoms with van der Waals surface area (Å²) in [7, 11) is 0. The quantitative estimate of drug-likeness (QED) is 0.855. The highest BCUT2D eigenvalue weighted by molar-refractivity contribution is 6.03. The van der Waals surface area contributed by atoms with Crippen LogP contribution in [-0.4, -0.2) is 16.0 Å². The molecule has 1 aromatic heterocycles. The van der Waals surface area contributed by atoms with E-state index in [2.05, 4.69) is 10.3 Å². The van der Waals surface area contributed by atoms with Crippen LogP contribution in [0.1, 0.15) is 15.9 Å². The van der Waals surface area contributed by atoms with Crippen molar-refractivity contribution in [3.63, 3.8) is 0 Å². The molecule has 18 heavy (non-hydrogen) atoms. The van der Waals surface area contributed by atoms with Crippen molar-refractivity contribution in [1.82, 2.24) is 4.98 Å². The molecule has 0 aliphatic carbocycles. The third kappa shape index (κ3) is 2.63. The highest BCUT2D eigenvalue weighted by Gasteiger charge is 2.08. The van der Waals surface area contributed by atoms with Crippen LogP contribution in [0.25, 0.3) is 0 Å². The Labute approximate surface area is 103 Å². The number of nitrogens with zero attached hydrogens (tertiary/aromatic N) is 1. The number of nitrogens with one attached hydrogen (secondary N) is 1. The van der Waals surface area contributed by atoms with E-state index in [1.54, 1.807) is 13.0 Å². The summed E-state index contributed by atoms with van der Waals surface area (Å²) in [6.45, 7) is 1.70. The molecule has 4 nitrogen and oxygen atoms in total. The second-order valence-electron chi connectivity index (χ2n) is 3.82. The van der Waals surface area contributed by atoms with Crippen molar-refractivity contribution in [2.45, 2.75) is 6.92 Å². The minimum atomic E-state index is -0.464. The first-order chi connectivity index (χ1) is 8.56. The summed E-state index contributed by atoms with van der Waals surface area (Å²) in [5, 5.41) is 11.9. The number of anilines is 1. The summed E-state index contributed by atoms with van der Waals surface area (Å²) in [6, 6.07) is 7.10. The van der Waals surface area contributed by atoms with Gasteiger partial charge in [-0.3, -0.25) is 4.79 Å². The molecule has 2 N–H and O–H groups in total. The van der Waals surface area contributed by atoms with Gasteiger partial charge in [0.25, 0.3) is 5.91 Å². The van der Waals surface area contributed by atoms with E-state index >= 15 is 0 Å². The minimum Gasteiger partial charge on any atom is -0.508 e. The molecule has 0 aliphatic rings. The predicted molar refractivity (Wildman–Crippen MR) is 65.0 cm³/mol. The summed E-state index contributed by atoms with van der Waals surface area (Å²) in [5.74, 6) is -0.427. The molecule has 5 heteroatoms. The van der Waals surface area contributed by atoms with Crippen molar-refractivity contribution in [1.29, 1.82) is 0 Å². The zero-order valence-corrected chi connectivity index (χ0v) is 9.64. The fourth-order valence-corrected chi connectivity index (χ4v) is 1.43. The number of benzene rings is 1. The largest absolute Gasteiger partial charge is 0.508 e. The van der Waals surface area contributed by atoms with Crippen LogP contribution in [0, 0.1) is 12.7 Å². The Balaban J connectivity index is 2.16. The standard InChI is InChI=1S/C13H11FN2O2/c1-8-6-9(2-4-11(8)17)13(18)16-12-5-3-10(14)7-15-12/h2-7,17H,1H3,(H,15,16,18). The third-order valence-corrected chi connectivity index (χ3v) is 2.43. The van der Waals surface area contributed by atoms with E-state index in [-0.39, 0.29) is 17.5 Å². The SMILES string of the molecule is Cc1cc(C(=O)Nc2ccc(F)cn2)ccc1O. The molecule has 0 unspecified atom stereocenters. The highest BCUT2D eigenvalue weighted by Crippen LogP contribution is 2.17. The molecular formula is C13H11FN2O2. The second kappa shape index (κ2) is 4.83. The summed E-state index contributed by atoms with van der Waals surface area (Å²) < 4.78 is 12.6. The van der Waals surface area contributed by atoms with E-state index in [4.69, 9.17) is 0 Å². The average Bonchev–Trinajstić information content (AvgIpc) is 2.35. The van der Waals surface area contributed by atoms with E-state index in [0.29, 0.717) is 11.1 Å². The molecule has 2 aromatic rings. The number of carbonyl (C=O) groups is 1. The number of aromatic hydroxyl groups is 1. The number of aryl methyl sites for hydroxylation is 1. The number of rotatable bonds is 2. The van der Waals surface area contributed by atoms with Gasteiger partial charge < -0.3 is 10.4 Å². The number of phenolic OH excluding ortho intramolecular Hbond substituents is 1. The van der Waals surface area contributed by atoms with Crippen LogP contribution in [0.4, 0.5) is 10.2 Å². The average molecular weight is 246 g/mol. The van der Waals surface area contributed by atoms with Crippen LogP contribution in [-0.2, 0) is 0 Å². The first kappa shape index (κ1) is 12.0. The first-order valence-electron chi connectivity index (χ1n) is 5.29. The van der Waals surface area contributed by atoms with Crippen molar-refractivity contribution in [3.8, 4) is 5.75 Å². The molecule has 2 rings (SSSR count). The van der Waals surface area contributed by atoms with Gasteiger partial charge in [0.1, 0.15) is 17.4 Å². The number of amides is 1. The molecule has 0 bridgehead atoms. The molecule has 1 aromatic carbocycles. The smallest absolute Gasteiger partial charge is 0.256 e. The molecule has 1 heterocycles. The molecular weight excluding hydrogens is 235 g/mol. The first-order valence-corrected chi connectivity index (χ1v) is 5.29. The highest BCUT2D eigenvalue weighted by atomic mass is 19.1. The topological polar surface area (TPSA) is 62.2 Å².